The van der Waals surface area contributed by atoms with Gasteiger partial charge in [0.1, 0.15) is 0 Å². The topological polar surface area (TPSA) is 90.0 Å². The minimum atomic E-state index is -0.376. The zero-order valence-corrected chi connectivity index (χ0v) is 10.8. The van der Waals surface area contributed by atoms with E-state index >= 15 is 0 Å². The average Bonchev–Trinajstić information content (AvgIpc) is 2.84. The number of nitrogens with zero attached hydrogens (tertiary/aromatic N) is 1. The van der Waals surface area contributed by atoms with Crippen LogP contribution in [0.25, 0.3) is 11.0 Å². The standard InChI is InChI=1S/C13H18N4O2/c1-9(18)7-14-4-5-15-13(19)10-2-3-11-12(6-10)17-8-16-11/h2-3,6,8-9,14,18H,4-5,7H2,1H3,(H,15,19)(H,16,17). The second-order valence-electron chi connectivity index (χ2n) is 4.44. The van der Waals surface area contributed by atoms with Crippen molar-refractivity contribution < 1.29 is 9.90 Å². The van der Waals surface area contributed by atoms with Crippen molar-refractivity contribution >= 4 is 16.9 Å². The highest BCUT2D eigenvalue weighted by Gasteiger charge is 2.06. The largest absolute Gasteiger partial charge is 0.392 e. The lowest BCUT2D eigenvalue weighted by molar-refractivity contribution is 0.0954. The highest BCUT2D eigenvalue weighted by molar-refractivity contribution is 5.97. The number of hydrogen-bond acceptors (Lipinski definition) is 4. The number of rotatable bonds is 6. The van der Waals surface area contributed by atoms with Crippen LogP contribution in [0.1, 0.15) is 17.3 Å². The Morgan fingerprint density at radius 2 is 2.32 bits per heavy atom. The van der Waals surface area contributed by atoms with Crippen LogP contribution < -0.4 is 10.6 Å². The molecule has 1 aromatic heterocycles. The fourth-order valence-corrected chi connectivity index (χ4v) is 1.75. The summed E-state index contributed by atoms with van der Waals surface area (Å²) in [5.74, 6) is -0.115. The maximum atomic E-state index is 11.9. The molecule has 0 aliphatic carbocycles. The molecule has 0 bridgehead atoms. The zero-order chi connectivity index (χ0) is 13.7. The van der Waals surface area contributed by atoms with Gasteiger partial charge in [0.15, 0.2) is 0 Å². The van der Waals surface area contributed by atoms with Gasteiger partial charge in [-0.05, 0) is 25.1 Å². The molecule has 2 rings (SSSR count). The summed E-state index contributed by atoms with van der Waals surface area (Å²) in [6.45, 7) is 3.39. The van der Waals surface area contributed by atoms with Gasteiger partial charge >= 0.3 is 0 Å². The number of fused-ring (bicyclic) bond motifs is 1. The lowest BCUT2D eigenvalue weighted by Gasteiger charge is -2.08. The number of H-pyrrole nitrogens is 1. The summed E-state index contributed by atoms with van der Waals surface area (Å²) in [7, 11) is 0. The van der Waals surface area contributed by atoms with Gasteiger partial charge in [0.05, 0.1) is 23.5 Å². The van der Waals surface area contributed by atoms with Crippen LogP contribution in [0, 0.1) is 0 Å². The third-order valence-electron chi connectivity index (χ3n) is 2.71. The van der Waals surface area contributed by atoms with Crippen LogP contribution in [0.5, 0.6) is 0 Å². The van der Waals surface area contributed by atoms with Crippen LogP contribution in [0.15, 0.2) is 24.5 Å². The molecule has 1 amide bonds. The number of carbonyl (C=O) groups excluding carboxylic acids is 1. The zero-order valence-electron chi connectivity index (χ0n) is 10.8. The number of nitrogens with one attached hydrogen (secondary N) is 3. The minimum Gasteiger partial charge on any atom is -0.392 e. The summed E-state index contributed by atoms with van der Waals surface area (Å²) in [5.41, 5.74) is 2.29. The molecule has 0 aliphatic heterocycles. The van der Waals surface area contributed by atoms with Crippen molar-refractivity contribution in [3.05, 3.63) is 30.1 Å². The lowest BCUT2D eigenvalue weighted by Crippen LogP contribution is -2.34. The third kappa shape index (κ3) is 3.77. The first-order chi connectivity index (χ1) is 9.16. The number of amides is 1. The Morgan fingerprint density at radius 1 is 1.47 bits per heavy atom. The number of benzene rings is 1. The summed E-state index contributed by atoms with van der Waals surface area (Å²) in [4.78, 5) is 19.0. The summed E-state index contributed by atoms with van der Waals surface area (Å²) >= 11 is 0. The van der Waals surface area contributed by atoms with E-state index in [1.807, 2.05) is 6.07 Å². The molecule has 19 heavy (non-hydrogen) atoms. The van der Waals surface area contributed by atoms with Crippen molar-refractivity contribution in [2.45, 2.75) is 13.0 Å². The molecule has 1 atom stereocenters. The number of carbonyl (C=O) groups is 1. The van der Waals surface area contributed by atoms with E-state index in [0.717, 1.165) is 11.0 Å². The predicted molar refractivity (Wildman–Crippen MR) is 73.0 cm³/mol. The first-order valence-corrected chi connectivity index (χ1v) is 6.27. The highest BCUT2D eigenvalue weighted by atomic mass is 16.3. The first kappa shape index (κ1) is 13.5. The summed E-state index contributed by atoms with van der Waals surface area (Å²) in [6.07, 6.45) is 1.23. The average molecular weight is 262 g/mol. The monoisotopic (exact) mass is 262 g/mol. The van der Waals surface area contributed by atoms with Gasteiger partial charge in [-0.25, -0.2) is 4.98 Å². The molecule has 2 aromatic rings. The quantitative estimate of drug-likeness (QED) is 0.562. The lowest BCUT2D eigenvalue weighted by atomic mass is 10.2. The van der Waals surface area contributed by atoms with Gasteiger partial charge in [-0.1, -0.05) is 0 Å². The highest BCUT2D eigenvalue weighted by Crippen LogP contribution is 2.11. The van der Waals surface area contributed by atoms with E-state index in [1.165, 1.54) is 0 Å². The molecular weight excluding hydrogens is 244 g/mol. The summed E-state index contributed by atoms with van der Waals surface area (Å²) < 4.78 is 0. The Labute approximate surface area is 111 Å². The van der Waals surface area contributed by atoms with Gasteiger partial charge in [-0.2, -0.15) is 0 Å². The van der Waals surface area contributed by atoms with Crippen molar-refractivity contribution in [1.29, 1.82) is 0 Å². The number of imidazole rings is 1. The van der Waals surface area contributed by atoms with Crippen molar-refractivity contribution in [2.24, 2.45) is 0 Å². The van der Waals surface area contributed by atoms with Gasteiger partial charge in [-0.3, -0.25) is 4.79 Å². The number of aliphatic hydroxyl groups excluding tert-OH is 1. The fraction of sp³-hybridized carbons (Fsp3) is 0.385. The molecule has 0 radical (unpaired) electrons. The summed E-state index contributed by atoms with van der Waals surface area (Å²) in [5, 5.41) is 14.9. The Morgan fingerprint density at radius 3 is 3.11 bits per heavy atom. The molecule has 0 saturated heterocycles. The molecular formula is C13H18N4O2. The third-order valence-corrected chi connectivity index (χ3v) is 2.71. The van der Waals surface area contributed by atoms with E-state index in [2.05, 4.69) is 20.6 Å². The molecule has 1 aromatic carbocycles. The molecule has 102 valence electrons. The van der Waals surface area contributed by atoms with Crippen LogP contribution >= 0.6 is 0 Å². The fourth-order valence-electron chi connectivity index (χ4n) is 1.75. The molecule has 0 aliphatic rings. The molecule has 0 spiro atoms. The van der Waals surface area contributed by atoms with Crippen LogP contribution in [0.4, 0.5) is 0 Å². The second kappa shape index (κ2) is 6.31. The van der Waals surface area contributed by atoms with Crippen LogP contribution in [-0.4, -0.2) is 46.7 Å². The minimum absolute atomic E-state index is 0.115. The normalized spacial score (nSPS) is 12.5. The first-order valence-electron chi connectivity index (χ1n) is 6.27. The number of aromatic nitrogens is 2. The van der Waals surface area contributed by atoms with E-state index in [-0.39, 0.29) is 12.0 Å². The molecule has 1 unspecified atom stereocenters. The molecule has 6 heteroatoms. The van der Waals surface area contributed by atoms with Crippen molar-refractivity contribution in [3.8, 4) is 0 Å². The Bertz CT molecular complexity index is 550. The van der Waals surface area contributed by atoms with Crippen LogP contribution in [0.3, 0.4) is 0 Å². The van der Waals surface area contributed by atoms with Crippen molar-refractivity contribution in [2.75, 3.05) is 19.6 Å². The Hall–Kier alpha value is -1.92. The predicted octanol–water partition coefficient (Wildman–Crippen LogP) is 0.263. The van der Waals surface area contributed by atoms with E-state index < -0.39 is 0 Å². The van der Waals surface area contributed by atoms with Crippen molar-refractivity contribution in [3.63, 3.8) is 0 Å². The van der Waals surface area contributed by atoms with Gasteiger partial charge < -0.3 is 20.7 Å². The van der Waals surface area contributed by atoms with Gasteiger partial charge in [0, 0.05) is 25.2 Å². The molecule has 1 heterocycles. The van der Waals surface area contributed by atoms with Gasteiger partial charge in [0.2, 0.25) is 0 Å². The Kier molecular flexibility index (Phi) is 4.48. The second-order valence-corrected chi connectivity index (χ2v) is 4.44. The van der Waals surface area contributed by atoms with Gasteiger partial charge in [0.25, 0.3) is 5.91 Å². The maximum absolute atomic E-state index is 11.9. The van der Waals surface area contributed by atoms with Crippen LogP contribution in [0.2, 0.25) is 0 Å². The van der Waals surface area contributed by atoms with E-state index in [0.29, 0.717) is 25.2 Å². The number of aliphatic hydroxyl groups is 1. The van der Waals surface area contributed by atoms with E-state index in [4.69, 9.17) is 5.11 Å². The summed E-state index contributed by atoms with van der Waals surface area (Å²) in [6, 6.07) is 5.34. The molecule has 0 fully saturated rings. The number of hydrogen-bond donors (Lipinski definition) is 4. The molecule has 0 saturated carbocycles. The smallest absolute Gasteiger partial charge is 0.251 e. The maximum Gasteiger partial charge on any atom is 0.251 e. The van der Waals surface area contributed by atoms with E-state index in [9.17, 15) is 4.79 Å². The molecule has 4 N–H and O–H groups in total. The Balaban J connectivity index is 1.82. The molecule has 6 nitrogen and oxygen atoms in total. The number of aromatic amines is 1. The van der Waals surface area contributed by atoms with Gasteiger partial charge in [-0.15, -0.1) is 0 Å². The van der Waals surface area contributed by atoms with Crippen LogP contribution in [-0.2, 0) is 0 Å². The van der Waals surface area contributed by atoms with E-state index in [1.54, 1.807) is 25.4 Å². The van der Waals surface area contributed by atoms with Crippen molar-refractivity contribution in [1.82, 2.24) is 20.6 Å². The SMILES string of the molecule is CC(O)CNCCNC(=O)c1ccc2nc[nH]c2c1.